The van der Waals surface area contributed by atoms with Gasteiger partial charge in [0.1, 0.15) is 26.4 Å². The predicted molar refractivity (Wildman–Crippen MR) is 97.2 cm³/mol. The number of aromatic nitrogens is 3. The van der Waals surface area contributed by atoms with E-state index in [2.05, 4.69) is 47.2 Å². The molecule has 4 aromatic rings. The number of rotatable bonds is 3. The van der Waals surface area contributed by atoms with Gasteiger partial charge in [-0.15, -0.1) is 21.5 Å². The zero-order valence-electron chi connectivity index (χ0n) is 13.2. The summed E-state index contributed by atoms with van der Waals surface area (Å²) in [4.78, 5) is 4.40. The Labute approximate surface area is 146 Å². The zero-order chi connectivity index (χ0) is 16.7. The summed E-state index contributed by atoms with van der Waals surface area (Å²) in [5, 5.41) is 11.2. The van der Waals surface area contributed by atoms with Gasteiger partial charge >= 0.3 is 0 Å². The third kappa shape index (κ3) is 2.83. The molecule has 0 N–H and O–H groups in total. The van der Waals surface area contributed by atoms with Gasteiger partial charge in [-0.25, -0.2) is 9.37 Å². The van der Waals surface area contributed by atoms with Crippen LogP contribution in [0.15, 0.2) is 36.4 Å². The van der Waals surface area contributed by atoms with E-state index in [4.69, 9.17) is 0 Å². The molecule has 0 aliphatic carbocycles. The topological polar surface area (TPSA) is 38.7 Å². The lowest BCUT2D eigenvalue weighted by molar-refractivity contribution is 0.637. The van der Waals surface area contributed by atoms with Crippen LogP contribution in [-0.2, 0) is 6.42 Å². The van der Waals surface area contributed by atoms with Crippen molar-refractivity contribution in [2.75, 3.05) is 0 Å². The molecule has 6 heteroatoms. The molecule has 0 unspecified atom stereocenters. The average Bonchev–Trinajstić information content (AvgIpc) is 3.18. The Morgan fingerprint density at radius 2 is 1.83 bits per heavy atom. The van der Waals surface area contributed by atoms with Crippen LogP contribution in [0.3, 0.4) is 0 Å². The number of nitrogens with zero attached hydrogens (tertiary/aromatic N) is 3. The quantitative estimate of drug-likeness (QED) is 0.509. The fourth-order valence-corrected chi connectivity index (χ4v) is 4.40. The molecule has 0 spiro atoms. The Kier molecular flexibility index (Phi) is 3.86. The van der Waals surface area contributed by atoms with Crippen molar-refractivity contribution < 1.29 is 4.39 Å². The summed E-state index contributed by atoms with van der Waals surface area (Å²) in [6.07, 6.45) is 0.585. The van der Waals surface area contributed by atoms with Gasteiger partial charge in [-0.1, -0.05) is 29.5 Å². The molecule has 0 amide bonds. The van der Waals surface area contributed by atoms with Crippen LogP contribution < -0.4 is 0 Å². The summed E-state index contributed by atoms with van der Waals surface area (Å²) < 4.78 is 14.6. The van der Waals surface area contributed by atoms with Crippen molar-refractivity contribution in [2.45, 2.75) is 20.3 Å². The number of benzene rings is 2. The van der Waals surface area contributed by atoms with Crippen LogP contribution >= 0.6 is 22.7 Å². The van der Waals surface area contributed by atoms with Crippen LogP contribution in [0.4, 0.5) is 4.39 Å². The summed E-state index contributed by atoms with van der Waals surface area (Å²) in [5.74, 6) is -0.275. The molecule has 120 valence electrons. The van der Waals surface area contributed by atoms with Crippen LogP contribution in [0.2, 0.25) is 0 Å². The van der Waals surface area contributed by atoms with Gasteiger partial charge in [-0.05, 0) is 43.2 Å². The van der Waals surface area contributed by atoms with Crippen molar-refractivity contribution in [3.05, 3.63) is 63.4 Å². The number of para-hydroxylation sites is 1. The van der Waals surface area contributed by atoms with E-state index < -0.39 is 0 Å². The predicted octanol–water partition coefficient (Wildman–Crippen LogP) is 5.16. The van der Waals surface area contributed by atoms with Gasteiger partial charge in [-0.3, -0.25) is 0 Å². The van der Waals surface area contributed by atoms with Crippen molar-refractivity contribution in [1.82, 2.24) is 15.2 Å². The SMILES string of the molecule is Cc1ccc(-c2nnc(Cc3nc4c(F)cccc4s3)s2)cc1C. The van der Waals surface area contributed by atoms with E-state index in [0.29, 0.717) is 11.9 Å². The molecule has 0 saturated carbocycles. The summed E-state index contributed by atoms with van der Waals surface area (Å²) in [7, 11) is 0. The first-order valence-corrected chi connectivity index (χ1v) is 9.17. The Hall–Kier alpha value is -2.18. The molecule has 0 bridgehead atoms. The number of thiazole rings is 1. The second-order valence-corrected chi connectivity index (χ2v) is 7.85. The molecule has 24 heavy (non-hydrogen) atoms. The molecule has 0 aliphatic heterocycles. The molecule has 0 saturated heterocycles. The Bertz CT molecular complexity index is 1040. The van der Waals surface area contributed by atoms with Crippen LogP contribution in [-0.4, -0.2) is 15.2 Å². The zero-order valence-corrected chi connectivity index (χ0v) is 14.8. The van der Waals surface area contributed by atoms with Crippen molar-refractivity contribution in [1.29, 1.82) is 0 Å². The van der Waals surface area contributed by atoms with Gasteiger partial charge in [0.15, 0.2) is 0 Å². The molecule has 2 aromatic heterocycles. The average molecular weight is 355 g/mol. The van der Waals surface area contributed by atoms with E-state index >= 15 is 0 Å². The number of aryl methyl sites for hydroxylation is 2. The van der Waals surface area contributed by atoms with Crippen LogP contribution in [0.5, 0.6) is 0 Å². The molecule has 0 aliphatic rings. The van der Waals surface area contributed by atoms with Crippen molar-refractivity contribution in [3.63, 3.8) is 0 Å². The number of hydrogen-bond acceptors (Lipinski definition) is 5. The van der Waals surface area contributed by atoms with Gasteiger partial charge in [0.25, 0.3) is 0 Å². The molecule has 3 nitrogen and oxygen atoms in total. The number of fused-ring (bicyclic) bond motifs is 1. The molecule has 0 atom stereocenters. The third-order valence-corrected chi connectivity index (χ3v) is 5.93. The second kappa shape index (κ2) is 6.03. The van der Waals surface area contributed by atoms with Crippen LogP contribution in [0.1, 0.15) is 21.1 Å². The molecule has 2 aromatic carbocycles. The summed E-state index contributed by atoms with van der Waals surface area (Å²) in [5.41, 5.74) is 4.03. The second-order valence-electron chi connectivity index (χ2n) is 5.67. The highest BCUT2D eigenvalue weighted by molar-refractivity contribution is 7.19. The highest BCUT2D eigenvalue weighted by Crippen LogP contribution is 2.29. The van der Waals surface area contributed by atoms with E-state index in [-0.39, 0.29) is 5.82 Å². The highest BCUT2D eigenvalue weighted by Gasteiger charge is 2.12. The summed E-state index contributed by atoms with van der Waals surface area (Å²) in [6.45, 7) is 4.19. The monoisotopic (exact) mass is 355 g/mol. The molecular weight excluding hydrogens is 341 g/mol. The van der Waals surface area contributed by atoms with Crippen molar-refractivity contribution >= 4 is 32.9 Å². The van der Waals surface area contributed by atoms with E-state index in [1.165, 1.54) is 28.5 Å². The highest BCUT2D eigenvalue weighted by atomic mass is 32.1. The van der Waals surface area contributed by atoms with Crippen LogP contribution in [0.25, 0.3) is 20.8 Å². The minimum Gasteiger partial charge on any atom is -0.238 e. The van der Waals surface area contributed by atoms with Gasteiger partial charge in [-0.2, -0.15) is 0 Å². The lowest BCUT2D eigenvalue weighted by Crippen LogP contribution is -1.86. The first-order valence-electron chi connectivity index (χ1n) is 7.54. The maximum absolute atomic E-state index is 13.8. The summed E-state index contributed by atoms with van der Waals surface area (Å²) in [6, 6.07) is 11.3. The first kappa shape index (κ1) is 15.4. The van der Waals surface area contributed by atoms with Crippen molar-refractivity contribution in [2.24, 2.45) is 0 Å². The van der Waals surface area contributed by atoms with E-state index in [1.807, 2.05) is 6.07 Å². The molecule has 2 heterocycles. The van der Waals surface area contributed by atoms with E-state index in [9.17, 15) is 4.39 Å². The lowest BCUT2D eigenvalue weighted by atomic mass is 10.1. The van der Waals surface area contributed by atoms with Gasteiger partial charge in [0, 0.05) is 5.56 Å². The Morgan fingerprint density at radius 3 is 2.62 bits per heavy atom. The fourth-order valence-electron chi connectivity index (χ4n) is 2.48. The van der Waals surface area contributed by atoms with Gasteiger partial charge in [0.2, 0.25) is 0 Å². The maximum atomic E-state index is 13.8. The van der Waals surface area contributed by atoms with E-state index in [0.717, 1.165) is 25.3 Å². The number of halogens is 1. The van der Waals surface area contributed by atoms with Crippen LogP contribution in [0, 0.1) is 19.7 Å². The largest absolute Gasteiger partial charge is 0.238 e. The fraction of sp³-hybridized carbons (Fsp3) is 0.167. The standard InChI is InChI=1S/C18H14FN3S2/c1-10-6-7-12(8-11(10)2)18-22-21-16(24-18)9-15-20-17-13(19)4-3-5-14(17)23-15/h3-8H,9H2,1-2H3. The lowest BCUT2D eigenvalue weighted by Gasteiger charge is -2.01. The minimum absolute atomic E-state index is 0.275. The molecule has 0 fully saturated rings. The summed E-state index contributed by atoms with van der Waals surface area (Å²) >= 11 is 3.06. The van der Waals surface area contributed by atoms with Gasteiger partial charge < -0.3 is 0 Å². The third-order valence-electron chi connectivity index (χ3n) is 3.94. The first-order chi connectivity index (χ1) is 11.6. The minimum atomic E-state index is -0.275. The van der Waals surface area contributed by atoms with Crippen molar-refractivity contribution in [3.8, 4) is 10.6 Å². The van der Waals surface area contributed by atoms with E-state index in [1.54, 1.807) is 17.4 Å². The maximum Gasteiger partial charge on any atom is 0.150 e. The Balaban J connectivity index is 1.62. The number of hydrogen-bond donors (Lipinski definition) is 0. The van der Waals surface area contributed by atoms with Gasteiger partial charge in [0.05, 0.1) is 11.1 Å². The molecule has 4 rings (SSSR count). The Morgan fingerprint density at radius 1 is 0.958 bits per heavy atom. The normalized spacial score (nSPS) is 11.3. The molecular formula is C18H14FN3S2. The molecule has 0 radical (unpaired) electrons. The smallest absolute Gasteiger partial charge is 0.150 e.